The zero-order valence-electron chi connectivity index (χ0n) is 35.3. The van der Waals surface area contributed by atoms with E-state index in [9.17, 15) is 29.4 Å². The predicted molar refractivity (Wildman–Crippen MR) is 210 cm³/mol. The minimum absolute atomic E-state index is 0.0676. The van der Waals surface area contributed by atoms with Crippen molar-refractivity contribution in [2.75, 3.05) is 13.2 Å². The summed E-state index contributed by atoms with van der Waals surface area (Å²) in [4.78, 5) is 54.1. The van der Waals surface area contributed by atoms with Crippen LogP contribution in [0.2, 0.25) is 0 Å². The van der Waals surface area contributed by atoms with Crippen LogP contribution in [0.3, 0.4) is 0 Å². The summed E-state index contributed by atoms with van der Waals surface area (Å²) in [5.74, 6) is -2.40. The molecule has 1 aromatic heterocycles. The van der Waals surface area contributed by atoms with Crippen molar-refractivity contribution in [2.24, 2.45) is 21.7 Å². The number of aryl methyl sites for hydroxylation is 2. The van der Waals surface area contributed by atoms with E-state index in [0.29, 0.717) is 23.7 Å². The molecule has 14 heteroatoms. The van der Waals surface area contributed by atoms with Crippen molar-refractivity contribution in [3.63, 3.8) is 0 Å². The highest BCUT2D eigenvalue weighted by molar-refractivity contribution is 5.88. The maximum atomic E-state index is 13.7. The number of carbonyl (C=O) groups is 4. The molecule has 1 fully saturated rings. The summed E-state index contributed by atoms with van der Waals surface area (Å²) < 4.78 is 38.8. The van der Waals surface area contributed by atoms with Crippen LogP contribution in [0.4, 0.5) is 0 Å². The van der Waals surface area contributed by atoms with Gasteiger partial charge in [0.1, 0.15) is 18.5 Å². The topological polar surface area (TPSA) is 182 Å². The van der Waals surface area contributed by atoms with E-state index in [0.717, 1.165) is 11.1 Å². The van der Waals surface area contributed by atoms with Gasteiger partial charge in [0.05, 0.1) is 45.7 Å². The van der Waals surface area contributed by atoms with Crippen molar-refractivity contribution in [2.45, 2.75) is 133 Å². The molecule has 0 bridgehead atoms. The van der Waals surface area contributed by atoms with Crippen LogP contribution in [-0.4, -0.2) is 87.8 Å². The molecule has 1 unspecified atom stereocenters. The van der Waals surface area contributed by atoms with Gasteiger partial charge in [-0.1, -0.05) is 24.3 Å². The molecule has 14 nitrogen and oxygen atoms in total. The lowest BCUT2D eigenvalue weighted by molar-refractivity contribution is -0.294. The fourth-order valence-electron chi connectivity index (χ4n) is 5.65. The first-order valence-corrected chi connectivity index (χ1v) is 19.3. The van der Waals surface area contributed by atoms with Gasteiger partial charge >= 0.3 is 23.9 Å². The molecule has 0 saturated carbocycles. The summed E-state index contributed by atoms with van der Waals surface area (Å²) in [7, 11) is 0. The Morgan fingerprint density at radius 1 is 0.702 bits per heavy atom. The number of esters is 4. The van der Waals surface area contributed by atoms with Crippen molar-refractivity contribution in [1.29, 1.82) is 0 Å². The van der Waals surface area contributed by atoms with Gasteiger partial charge in [-0.2, -0.15) is 0 Å². The Bertz CT molecular complexity index is 1890. The second-order valence-electron chi connectivity index (χ2n) is 18.6. The molecule has 1 saturated heterocycles. The molecule has 0 radical (unpaired) electrons. The summed E-state index contributed by atoms with van der Waals surface area (Å²) in [6.07, 6.45) is -6.18. The van der Waals surface area contributed by atoms with Gasteiger partial charge in [0.25, 0.3) is 0 Å². The molecule has 4 rings (SSSR count). The molecular formula is C43H60N2O12. The molecule has 0 aliphatic carbocycles. The quantitative estimate of drug-likeness (QED) is 0.159. The zero-order chi connectivity index (χ0) is 42.7. The average molecular weight is 797 g/mol. The number of hydrogen-bond acceptors (Lipinski definition) is 13. The summed E-state index contributed by atoms with van der Waals surface area (Å²) in [6.45, 7) is 19.4. The molecule has 2 N–H and O–H groups in total. The molecule has 2 heterocycles. The largest absolute Gasteiger partial charge is 0.508 e. The monoisotopic (exact) mass is 796 g/mol. The Morgan fingerprint density at radius 2 is 1.23 bits per heavy atom. The van der Waals surface area contributed by atoms with Crippen LogP contribution in [0.5, 0.6) is 11.6 Å². The molecule has 1 aliphatic heterocycles. The number of carbonyl (C=O) groups excluding carboxylic acids is 4. The van der Waals surface area contributed by atoms with Crippen molar-refractivity contribution in [3.05, 3.63) is 53.6 Å². The highest BCUT2D eigenvalue weighted by Gasteiger charge is 2.56. The van der Waals surface area contributed by atoms with E-state index in [4.69, 9.17) is 33.5 Å². The normalized spacial score (nSPS) is 20.5. The second kappa shape index (κ2) is 17.4. The average Bonchev–Trinajstić information content (AvgIpc) is 3.44. The van der Waals surface area contributed by atoms with Gasteiger partial charge in [-0.3, -0.25) is 23.9 Å². The fraction of sp³-hybridized carbons (Fsp3) is 0.605. The first-order valence-electron chi connectivity index (χ1n) is 19.3. The number of fused-ring (bicyclic) bond motifs is 1. The fourth-order valence-corrected chi connectivity index (χ4v) is 5.65. The van der Waals surface area contributed by atoms with Gasteiger partial charge in [0.2, 0.25) is 18.3 Å². The van der Waals surface area contributed by atoms with Gasteiger partial charge in [0.15, 0.2) is 12.2 Å². The molecule has 314 valence electrons. The van der Waals surface area contributed by atoms with E-state index >= 15 is 0 Å². The molecule has 0 spiro atoms. The predicted octanol–water partition coefficient (Wildman–Crippen LogP) is 6.09. The molecule has 1 aliphatic rings. The number of phenolic OH excluding ortho intramolecular Hbond substituents is 1. The lowest BCUT2D eigenvalue weighted by atomic mass is 9.93. The summed E-state index contributed by atoms with van der Waals surface area (Å²) in [5.41, 5.74) is -1.56. The minimum atomic E-state index is -1.55. The van der Waals surface area contributed by atoms with Crippen molar-refractivity contribution in [1.82, 2.24) is 9.78 Å². The first-order chi connectivity index (χ1) is 26.3. The van der Waals surface area contributed by atoms with Crippen molar-refractivity contribution < 1.29 is 57.8 Å². The summed E-state index contributed by atoms with van der Waals surface area (Å²) >= 11 is 0. The van der Waals surface area contributed by atoms with Crippen molar-refractivity contribution >= 4 is 34.8 Å². The molecule has 57 heavy (non-hydrogen) atoms. The van der Waals surface area contributed by atoms with Crippen molar-refractivity contribution in [3.8, 4) is 11.6 Å². The first kappa shape index (κ1) is 45.0. The maximum absolute atomic E-state index is 13.7. The molecule has 3 aromatic rings. The highest BCUT2D eigenvalue weighted by atomic mass is 16.7. The van der Waals surface area contributed by atoms with Gasteiger partial charge in [0, 0.05) is 0 Å². The molecular weight excluding hydrogens is 736 g/mol. The number of hydrogen-bond donors (Lipinski definition) is 2. The number of aliphatic hydroxyl groups excluding tert-OH is 1. The molecule has 0 amide bonds. The Kier molecular flexibility index (Phi) is 13.8. The number of nitrogens with zero attached hydrogens (tertiary/aromatic N) is 2. The van der Waals surface area contributed by atoms with E-state index < -0.39 is 82.8 Å². The van der Waals surface area contributed by atoms with Crippen LogP contribution in [-0.2, 0) is 62.2 Å². The highest BCUT2D eigenvalue weighted by Crippen LogP contribution is 2.37. The second-order valence-corrected chi connectivity index (χ2v) is 18.6. The Labute approximate surface area is 335 Å². The Morgan fingerprint density at radius 3 is 1.75 bits per heavy atom. The van der Waals surface area contributed by atoms with Crippen LogP contribution in [0.1, 0.15) is 94.2 Å². The zero-order valence-corrected chi connectivity index (χ0v) is 35.3. The number of ether oxygens (including phenoxy) is 6. The lowest BCUT2D eigenvalue weighted by Gasteiger charge is -2.45. The summed E-state index contributed by atoms with van der Waals surface area (Å²) in [5, 5.41) is 25.1. The number of aromatic nitrogens is 2. The lowest BCUT2D eigenvalue weighted by Crippen LogP contribution is -2.65. The third kappa shape index (κ3) is 11.5. The number of benzene rings is 2. The number of aromatic hydroxyl groups is 1. The summed E-state index contributed by atoms with van der Waals surface area (Å²) in [6, 6.07) is 12.5. The van der Waals surface area contributed by atoms with E-state index in [-0.39, 0.29) is 24.8 Å². The Hall–Kier alpha value is -4.69. The minimum Gasteiger partial charge on any atom is -0.508 e. The Balaban J connectivity index is 1.91. The van der Waals surface area contributed by atoms with E-state index in [1.54, 1.807) is 99.9 Å². The van der Waals surface area contributed by atoms with Crippen LogP contribution in [0, 0.1) is 21.7 Å². The SMILES string of the molecule is CC(C)(C)C(=O)OC[C@H]1OC(Oc2nn(CCO)c3cccc(CCc4ccc(O)cc4)c23)[C@H](OC(=O)C(C)(C)C)[C@@H](OC(=O)C(C)(C)C)[C@@H]1OC(=O)C(C)(C)C. The van der Waals surface area contributed by atoms with E-state index in [1.165, 1.54) is 0 Å². The van der Waals surface area contributed by atoms with Gasteiger partial charge < -0.3 is 38.6 Å². The van der Waals surface area contributed by atoms with Crippen LogP contribution >= 0.6 is 0 Å². The molecule has 2 aromatic carbocycles. The van der Waals surface area contributed by atoms with E-state index in [2.05, 4.69) is 0 Å². The van der Waals surface area contributed by atoms with E-state index in [1.807, 2.05) is 30.3 Å². The number of phenols is 1. The van der Waals surface area contributed by atoms with Gasteiger partial charge in [-0.15, -0.1) is 5.10 Å². The third-order valence-electron chi connectivity index (χ3n) is 9.14. The maximum Gasteiger partial charge on any atom is 0.311 e. The number of rotatable bonds is 12. The van der Waals surface area contributed by atoms with Gasteiger partial charge in [-0.05, 0) is 125 Å². The van der Waals surface area contributed by atoms with Crippen LogP contribution in [0.25, 0.3) is 10.9 Å². The van der Waals surface area contributed by atoms with Crippen LogP contribution < -0.4 is 4.74 Å². The standard InChI is InChI=1S/C43H60N2O12/c1-40(2,3)36(48)52-24-29-31(54-37(49)41(4,5)6)32(55-38(50)42(7,8)9)33(56-39(51)43(10,11)12)35(53-29)57-34-30-26(19-16-25-17-20-27(47)21-18-25)14-13-15-28(30)45(44-34)22-23-46/h13-15,17-18,20-21,29,31-33,35,46-47H,16,19,22-24H2,1-12H3/t29-,31-,32+,33-,35?/m1/s1. The van der Waals surface area contributed by atoms with Gasteiger partial charge in [-0.25, -0.2) is 0 Å². The number of aliphatic hydroxyl groups is 1. The molecule has 5 atom stereocenters. The smallest absolute Gasteiger partial charge is 0.311 e. The third-order valence-corrected chi connectivity index (χ3v) is 9.14. The van der Waals surface area contributed by atoms with Crippen LogP contribution in [0.15, 0.2) is 42.5 Å².